The Balaban J connectivity index is 1.11. The van der Waals surface area contributed by atoms with Crippen LogP contribution in [-0.4, -0.2) is 32.3 Å². The van der Waals surface area contributed by atoms with Crippen LogP contribution in [-0.2, 0) is 11.3 Å². The van der Waals surface area contributed by atoms with E-state index >= 15 is 0 Å². The summed E-state index contributed by atoms with van der Waals surface area (Å²) in [7, 11) is 1.77. The number of pyridine rings is 1. The van der Waals surface area contributed by atoms with Crippen molar-refractivity contribution in [1.29, 1.82) is 0 Å². The molecule has 4 aromatic rings. The molecule has 2 aliphatic rings. The highest BCUT2D eigenvalue weighted by Crippen LogP contribution is 2.49. The van der Waals surface area contributed by atoms with Gasteiger partial charge in [-0.05, 0) is 60.4 Å². The second-order valence-electron chi connectivity index (χ2n) is 9.25. The van der Waals surface area contributed by atoms with E-state index in [1.54, 1.807) is 18.0 Å². The zero-order valence-corrected chi connectivity index (χ0v) is 19.6. The summed E-state index contributed by atoms with van der Waals surface area (Å²) < 4.78 is 2.09. The number of rotatable bonds is 7. The summed E-state index contributed by atoms with van der Waals surface area (Å²) >= 11 is 6.11. The Kier molecular flexibility index (Phi) is 5.21. The molecule has 172 valence electrons. The molecule has 2 aliphatic carbocycles. The van der Waals surface area contributed by atoms with Gasteiger partial charge < -0.3 is 9.72 Å². The van der Waals surface area contributed by atoms with Crippen molar-refractivity contribution in [3.8, 4) is 0 Å². The molecule has 34 heavy (non-hydrogen) atoms. The van der Waals surface area contributed by atoms with Crippen LogP contribution in [0.5, 0.6) is 0 Å². The molecule has 7 nitrogen and oxygen atoms in total. The van der Waals surface area contributed by atoms with Crippen molar-refractivity contribution in [2.75, 3.05) is 17.3 Å². The molecule has 0 bridgehead atoms. The van der Waals surface area contributed by atoms with Crippen LogP contribution in [0.2, 0.25) is 5.02 Å². The van der Waals surface area contributed by atoms with Crippen LogP contribution in [0.15, 0.2) is 61.2 Å². The molecule has 1 unspecified atom stereocenters. The topological polar surface area (TPSA) is 75.4 Å². The van der Waals surface area contributed by atoms with E-state index in [0.717, 1.165) is 23.3 Å². The number of anilines is 2. The molecular weight excluding hydrogens is 448 g/mol. The lowest BCUT2D eigenvalue weighted by Crippen LogP contribution is -2.29. The van der Waals surface area contributed by atoms with Gasteiger partial charge >= 0.3 is 0 Å². The van der Waals surface area contributed by atoms with Gasteiger partial charge in [0.25, 0.3) is 0 Å². The van der Waals surface area contributed by atoms with E-state index in [0.29, 0.717) is 29.1 Å². The highest BCUT2D eigenvalue weighted by molar-refractivity contribution is 6.30. The van der Waals surface area contributed by atoms with E-state index in [1.165, 1.54) is 24.7 Å². The van der Waals surface area contributed by atoms with Crippen LogP contribution in [0, 0.1) is 5.92 Å². The largest absolute Gasteiger partial charge is 0.364 e. The first-order chi connectivity index (χ1) is 16.5. The van der Waals surface area contributed by atoms with Gasteiger partial charge in [-0.25, -0.2) is 15.0 Å². The van der Waals surface area contributed by atoms with Crippen molar-refractivity contribution in [3.05, 3.63) is 83.0 Å². The van der Waals surface area contributed by atoms with Crippen molar-refractivity contribution in [1.82, 2.24) is 19.4 Å². The van der Waals surface area contributed by atoms with Gasteiger partial charge in [0, 0.05) is 36.4 Å². The minimum atomic E-state index is -0.0478. The zero-order valence-electron chi connectivity index (χ0n) is 18.9. The SMILES string of the molecule is CN(C(=O)[C@H]1CC1c1cccc(Cl)c1)c1cc(NCc2cn3cc(C4CC4)ccc3n2)ncn1. The number of benzene rings is 1. The van der Waals surface area contributed by atoms with Crippen molar-refractivity contribution in [3.63, 3.8) is 0 Å². The number of amides is 1. The van der Waals surface area contributed by atoms with Crippen LogP contribution in [0.1, 0.15) is 47.9 Å². The maximum absolute atomic E-state index is 13.0. The number of imidazole rings is 1. The molecule has 1 amide bonds. The van der Waals surface area contributed by atoms with Crippen molar-refractivity contribution in [2.45, 2.75) is 37.6 Å². The quantitative estimate of drug-likeness (QED) is 0.408. The van der Waals surface area contributed by atoms with Crippen LogP contribution in [0.4, 0.5) is 11.6 Å². The molecular formula is C26H25ClN6O. The van der Waals surface area contributed by atoms with Crippen LogP contribution < -0.4 is 10.2 Å². The fraction of sp³-hybridized carbons (Fsp3) is 0.308. The van der Waals surface area contributed by atoms with Crippen molar-refractivity contribution in [2.24, 2.45) is 5.92 Å². The lowest BCUT2D eigenvalue weighted by atomic mass is 10.1. The van der Waals surface area contributed by atoms with Crippen molar-refractivity contribution >= 4 is 34.8 Å². The highest BCUT2D eigenvalue weighted by Gasteiger charge is 2.45. The van der Waals surface area contributed by atoms with Gasteiger partial charge in [-0.1, -0.05) is 29.8 Å². The fourth-order valence-electron chi connectivity index (χ4n) is 4.55. The molecule has 1 N–H and O–H groups in total. The van der Waals surface area contributed by atoms with E-state index in [1.807, 2.05) is 24.3 Å². The standard InChI is InChI=1S/C26H25ClN6O/c1-32(26(34)22-10-21(22)17-3-2-4-19(27)9-17)25-11-23(29-15-30-25)28-12-20-14-33-13-18(16-5-6-16)7-8-24(33)31-20/h2-4,7-9,11,13-16,21-22H,5-6,10,12H2,1H3,(H,28,29,30)/t21?,22-/m0/s1. The predicted molar refractivity (Wildman–Crippen MR) is 132 cm³/mol. The third kappa shape index (κ3) is 4.23. The Hall–Kier alpha value is -3.45. The Bertz CT molecular complexity index is 1380. The average Bonchev–Trinajstić information content (AvgIpc) is 3.78. The summed E-state index contributed by atoms with van der Waals surface area (Å²) in [5.74, 6) is 2.16. The summed E-state index contributed by atoms with van der Waals surface area (Å²) in [5, 5.41) is 4.01. The van der Waals surface area contributed by atoms with E-state index in [4.69, 9.17) is 16.6 Å². The average molecular weight is 473 g/mol. The molecule has 0 radical (unpaired) electrons. The number of fused-ring (bicyclic) bond motifs is 1. The number of hydrogen-bond donors (Lipinski definition) is 1. The first-order valence-corrected chi connectivity index (χ1v) is 12.0. The van der Waals surface area contributed by atoms with Crippen molar-refractivity contribution < 1.29 is 4.79 Å². The summed E-state index contributed by atoms with van der Waals surface area (Å²) in [5.41, 5.74) is 4.36. The van der Waals surface area contributed by atoms with Gasteiger partial charge in [0.05, 0.1) is 12.2 Å². The molecule has 0 aliphatic heterocycles. The van der Waals surface area contributed by atoms with E-state index in [-0.39, 0.29) is 17.7 Å². The zero-order chi connectivity index (χ0) is 23.2. The predicted octanol–water partition coefficient (Wildman–Crippen LogP) is 5.03. The van der Waals surface area contributed by atoms with Gasteiger partial charge in [0.2, 0.25) is 5.91 Å². The molecule has 2 atom stereocenters. The fourth-order valence-corrected chi connectivity index (χ4v) is 4.75. The Morgan fingerprint density at radius 3 is 2.85 bits per heavy atom. The molecule has 2 fully saturated rings. The molecule has 0 spiro atoms. The maximum atomic E-state index is 13.0. The first-order valence-electron chi connectivity index (χ1n) is 11.6. The second-order valence-corrected chi connectivity index (χ2v) is 9.69. The van der Waals surface area contributed by atoms with Gasteiger partial charge in [0.15, 0.2) is 0 Å². The van der Waals surface area contributed by atoms with Crippen LogP contribution in [0.3, 0.4) is 0 Å². The van der Waals surface area contributed by atoms with E-state index in [2.05, 4.69) is 44.2 Å². The van der Waals surface area contributed by atoms with Crippen LogP contribution in [0.25, 0.3) is 5.65 Å². The number of nitrogens with zero attached hydrogens (tertiary/aromatic N) is 5. The normalized spacial score (nSPS) is 19.2. The third-order valence-corrected chi connectivity index (χ3v) is 6.97. The monoisotopic (exact) mass is 472 g/mol. The second kappa shape index (κ2) is 8.40. The minimum Gasteiger partial charge on any atom is -0.364 e. The molecule has 6 rings (SSSR count). The molecule has 8 heteroatoms. The lowest BCUT2D eigenvalue weighted by molar-refractivity contribution is -0.119. The Morgan fingerprint density at radius 1 is 1.15 bits per heavy atom. The smallest absolute Gasteiger partial charge is 0.231 e. The molecule has 3 aromatic heterocycles. The number of carbonyl (C=O) groups is 1. The van der Waals surface area contributed by atoms with Crippen LogP contribution >= 0.6 is 11.6 Å². The van der Waals surface area contributed by atoms with E-state index < -0.39 is 0 Å². The summed E-state index contributed by atoms with van der Waals surface area (Å²) in [4.78, 5) is 28.0. The number of halogens is 1. The number of nitrogens with one attached hydrogen (secondary N) is 1. The molecule has 3 heterocycles. The van der Waals surface area contributed by atoms with Gasteiger partial charge in [-0.3, -0.25) is 9.69 Å². The van der Waals surface area contributed by atoms with Gasteiger partial charge in [0.1, 0.15) is 23.6 Å². The lowest BCUT2D eigenvalue weighted by Gasteiger charge is -2.17. The summed E-state index contributed by atoms with van der Waals surface area (Å²) in [6.45, 7) is 0.536. The maximum Gasteiger partial charge on any atom is 0.231 e. The minimum absolute atomic E-state index is 0.0478. The first kappa shape index (κ1) is 21.1. The third-order valence-electron chi connectivity index (χ3n) is 6.73. The van der Waals surface area contributed by atoms with Gasteiger partial charge in [-0.15, -0.1) is 0 Å². The Morgan fingerprint density at radius 2 is 2.03 bits per heavy atom. The summed E-state index contributed by atoms with van der Waals surface area (Å²) in [6, 6.07) is 13.8. The van der Waals surface area contributed by atoms with E-state index in [9.17, 15) is 4.79 Å². The summed E-state index contributed by atoms with van der Waals surface area (Å²) in [6.07, 6.45) is 9.11. The molecule has 2 saturated carbocycles. The number of carbonyl (C=O) groups excluding carboxylic acids is 1. The number of hydrogen-bond acceptors (Lipinski definition) is 5. The molecule has 1 aromatic carbocycles. The Labute approximate surface area is 202 Å². The number of aromatic nitrogens is 4. The highest BCUT2D eigenvalue weighted by atomic mass is 35.5. The molecule has 0 saturated heterocycles. The van der Waals surface area contributed by atoms with Gasteiger partial charge in [-0.2, -0.15) is 0 Å².